The number of nitrogens with one attached hydrogen (secondary N) is 1. The smallest absolute Gasteiger partial charge is 0.230 e. The van der Waals surface area contributed by atoms with Crippen molar-refractivity contribution >= 4 is 11.7 Å². The lowest BCUT2D eigenvalue weighted by atomic mass is 10.0. The molecule has 0 atom stereocenters. The summed E-state index contributed by atoms with van der Waals surface area (Å²) < 4.78 is 0. The Hall–Kier alpha value is -3.86. The quantitative estimate of drug-likeness (QED) is 0.486. The summed E-state index contributed by atoms with van der Waals surface area (Å²) in [5, 5.41) is 2.87. The molecule has 154 valence electrons. The number of pyridine rings is 3. The van der Waals surface area contributed by atoms with Crippen molar-refractivity contribution in [1.82, 2.24) is 15.0 Å². The zero-order chi connectivity index (χ0) is 21.8. The number of aryl methyl sites for hydroxylation is 3. The molecule has 0 unspecified atom stereocenters. The van der Waals surface area contributed by atoms with Gasteiger partial charge in [0.05, 0.1) is 12.1 Å². The minimum atomic E-state index is -0.121. The van der Waals surface area contributed by atoms with Crippen LogP contribution in [0.25, 0.3) is 22.4 Å². The van der Waals surface area contributed by atoms with Gasteiger partial charge in [0, 0.05) is 35.4 Å². The Kier molecular flexibility index (Phi) is 5.85. The van der Waals surface area contributed by atoms with Crippen LogP contribution < -0.4 is 5.32 Å². The van der Waals surface area contributed by atoms with Crippen LogP contribution >= 0.6 is 0 Å². The molecule has 0 bridgehead atoms. The van der Waals surface area contributed by atoms with Gasteiger partial charge in [0.1, 0.15) is 5.82 Å². The van der Waals surface area contributed by atoms with E-state index in [1.54, 1.807) is 18.6 Å². The molecule has 1 amide bonds. The van der Waals surface area contributed by atoms with Gasteiger partial charge < -0.3 is 5.32 Å². The van der Waals surface area contributed by atoms with Gasteiger partial charge in [0.15, 0.2) is 0 Å². The summed E-state index contributed by atoms with van der Waals surface area (Å²) in [6.45, 7) is 6.02. The largest absolute Gasteiger partial charge is 0.310 e. The van der Waals surface area contributed by atoms with Crippen LogP contribution in [0.2, 0.25) is 0 Å². The number of amides is 1. The van der Waals surface area contributed by atoms with Crippen LogP contribution in [0.1, 0.15) is 22.4 Å². The first-order valence-corrected chi connectivity index (χ1v) is 10.2. The van der Waals surface area contributed by atoms with Crippen LogP contribution in [0.3, 0.4) is 0 Å². The summed E-state index contributed by atoms with van der Waals surface area (Å²) in [5.41, 5.74) is 8.09. The van der Waals surface area contributed by atoms with Crippen molar-refractivity contribution < 1.29 is 4.79 Å². The molecule has 0 fully saturated rings. The molecule has 0 radical (unpaired) electrons. The molecule has 4 aromatic rings. The van der Waals surface area contributed by atoms with Gasteiger partial charge in [-0.15, -0.1) is 0 Å². The van der Waals surface area contributed by atoms with Crippen LogP contribution in [-0.2, 0) is 11.2 Å². The molecule has 4 rings (SSSR count). The lowest BCUT2D eigenvalue weighted by Crippen LogP contribution is -2.15. The highest BCUT2D eigenvalue weighted by atomic mass is 16.1. The standard InChI is InChI=1S/C26H24N4O/c1-17-5-4-6-21(11-17)23-7-8-24(28-16-23)30-25(31)14-20-12-18(2)26(29-15-20)22-9-10-27-19(3)13-22/h4-13,15-16H,14H2,1-3H3,(H,28,30,31). The summed E-state index contributed by atoms with van der Waals surface area (Å²) in [6.07, 6.45) is 5.56. The maximum Gasteiger partial charge on any atom is 0.230 e. The van der Waals surface area contributed by atoms with Gasteiger partial charge in [0.2, 0.25) is 5.91 Å². The number of carbonyl (C=O) groups is 1. The van der Waals surface area contributed by atoms with Crippen LogP contribution in [0.5, 0.6) is 0 Å². The Morgan fingerprint density at radius 3 is 2.42 bits per heavy atom. The molecule has 0 aliphatic heterocycles. The van der Waals surface area contributed by atoms with E-state index in [9.17, 15) is 4.79 Å². The van der Waals surface area contributed by atoms with Crippen LogP contribution in [0.4, 0.5) is 5.82 Å². The lowest BCUT2D eigenvalue weighted by molar-refractivity contribution is -0.115. The highest BCUT2D eigenvalue weighted by Crippen LogP contribution is 2.23. The summed E-state index contributed by atoms with van der Waals surface area (Å²) in [4.78, 5) is 25.7. The van der Waals surface area contributed by atoms with Crippen molar-refractivity contribution in [2.45, 2.75) is 27.2 Å². The molecule has 0 aliphatic rings. The summed E-state index contributed by atoms with van der Waals surface area (Å²) >= 11 is 0. The van der Waals surface area contributed by atoms with Gasteiger partial charge in [-0.2, -0.15) is 0 Å². The summed E-state index contributed by atoms with van der Waals surface area (Å²) in [7, 11) is 0. The van der Waals surface area contributed by atoms with Crippen LogP contribution in [0.15, 0.2) is 73.2 Å². The number of anilines is 1. The van der Waals surface area contributed by atoms with E-state index in [0.29, 0.717) is 5.82 Å². The molecule has 5 heteroatoms. The predicted octanol–water partition coefficient (Wildman–Crippen LogP) is 5.31. The fourth-order valence-corrected chi connectivity index (χ4v) is 3.56. The number of hydrogen-bond acceptors (Lipinski definition) is 4. The molecule has 1 aromatic carbocycles. The molecule has 3 heterocycles. The Morgan fingerprint density at radius 1 is 0.839 bits per heavy atom. The van der Waals surface area contributed by atoms with Crippen molar-refractivity contribution in [3.05, 3.63) is 95.6 Å². The highest BCUT2D eigenvalue weighted by molar-refractivity contribution is 5.91. The third-order valence-corrected chi connectivity index (χ3v) is 5.05. The zero-order valence-corrected chi connectivity index (χ0v) is 17.9. The van der Waals surface area contributed by atoms with Gasteiger partial charge >= 0.3 is 0 Å². The minimum Gasteiger partial charge on any atom is -0.310 e. The van der Waals surface area contributed by atoms with E-state index in [2.05, 4.69) is 45.4 Å². The van der Waals surface area contributed by atoms with E-state index in [0.717, 1.165) is 39.2 Å². The van der Waals surface area contributed by atoms with Crippen LogP contribution in [0, 0.1) is 20.8 Å². The monoisotopic (exact) mass is 408 g/mol. The molecule has 3 aromatic heterocycles. The van der Waals surface area contributed by atoms with Crippen molar-refractivity contribution in [2.75, 3.05) is 5.32 Å². The number of benzene rings is 1. The minimum absolute atomic E-state index is 0.121. The normalized spacial score (nSPS) is 10.7. The fraction of sp³-hybridized carbons (Fsp3) is 0.154. The number of rotatable bonds is 5. The van der Waals surface area contributed by atoms with E-state index in [-0.39, 0.29) is 12.3 Å². The average Bonchev–Trinajstić information content (AvgIpc) is 2.74. The Morgan fingerprint density at radius 2 is 1.71 bits per heavy atom. The molecule has 0 aliphatic carbocycles. The summed E-state index contributed by atoms with van der Waals surface area (Å²) in [6, 6.07) is 18.0. The number of nitrogens with zero attached hydrogens (tertiary/aromatic N) is 3. The average molecular weight is 409 g/mol. The van der Waals surface area contributed by atoms with Crippen molar-refractivity contribution in [1.29, 1.82) is 0 Å². The van der Waals surface area contributed by atoms with Crippen molar-refractivity contribution in [3.8, 4) is 22.4 Å². The van der Waals surface area contributed by atoms with Crippen molar-refractivity contribution in [2.24, 2.45) is 0 Å². The van der Waals surface area contributed by atoms with Crippen LogP contribution in [-0.4, -0.2) is 20.9 Å². The number of hydrogen-bond donors (Lipinski definition) is 1. The lowest BCUT2D eigenvalue weighted by Gasteiger charge is -2.09. The molecule has 0 saturated carbocycles. The number of carbonyl (C=O) groups excluding carboxylic acids is 1. The maximum atomic E-state index is 12.5. The van der Waals surface area contributed by atoms with E-state index in [4.69, 9.17) is 0 Å². The fourth-order valence-electron chi connectivity index (χ4n) is 3.56. The SMILES string of the molecule is Cc1cccc(-c2ccc(NC(=O)Cc3cnc(-c4ccnc(C)c4)c(C)c3)nc2)c1. The molecule has 5 nitrogen and oxygen atoms in total. The predicted molar refractivity (Wildman–Crippen MR) is 124 cm³/mol. The second-order valence-electron chi connectivity index (χ2n) is 7.72. The molecule has 0 spiro atoms. The van der Waals surface area contributed by atoms with Gasteiger partial charge in [0.25, 0.3) is 0 Å². The van der Waals surface area contributed by atoms with Gasteiger partial charge in [-0.1, -0.05) is 35.9 Å². The first kappa shape index (κ1) is 20.4. The molecular formula is C26H24N4O. The van der Waals surface area contributed by atoms with E-state index >= 15 is 0 Å². The topological polar surface area (TPSA) is 67.8 Å². The van der Waals surface area contributed by atoms with E-state index in [1.165, 1.54) is 5.56 Å². The molecule has 31 heavy (non-hydrogen) atoms. The third-order valence-electron chi connectivity index (χ3n) is 5.05. The van der Waals surface area contributed by atoms with Crippen molar-refractivity contribution in [3.63, 3.8) is 0 Å². The van der Waals surface area contributed by atoms with E-state index < -0.39 is 0 Å². The van der Waals surface area contributed by atoms with Gasteiger partial charge in [-0.3, -0.25) is 14.8 Å². The number of aromatic nitrogens is 3. The van der Waals surface area contributed by atoms with Gasteiger partial charge in [-0.05, 0) is 61.7 Å². The highest BCUT2D eigenvalue weighted by Gasteiger charge is 2.10. The third kappa shape index (κ3) is 5.01. The summed E-state index contributed by atoms with van der Waals surface area (Å²) in [5.74, 6) is 0.416. The first-order valence-electron chi connectivity index (χ1n) is 10.2. The second kappa shape index (κ2) is 8.88. The maximum absolute atomic E-state index is 12.5. The zero-order valence-electron chi connectivity index (χ0n) is 17.9. The van der Waals surface area contributed by atoms with Gasteiger partial charge in [-0.25, -0.2) is 4.98 Å². The molecule has 1 N–H and O–H groups in total. The molecule has 0 saturated heterocycles. The van der Waals surface area contributed by atoms with E-state index in [1.807, 2.05) is 50.2 Å². The Labute approximate surface area is 182 Å². The Bertz CT molecular complexity index is 1230. The molecular weight excluding hydrogens is 384 g/mol. The first-order chi connectivity index (χ1) is 15.0. The second-order valence-corrected chi connectivity index (χ2v) is 7.72. The Balaban J connectivity index is 1.42.